The highest BCUT2D eigenvalue weighted by Crippen LogP contribution is 2.43. The molecule has 2 aliphatic carbocycles. The van der Waals surface area contributed by atoms with E-state index >= 15 is 4.39 Å². The lowest BCUT2D eigenvalue weighted by molar-refractivity contribution is 0.0577. The SMILES string of the molecule is COc1cc2c(cc1OC)C(=O)C(F)(CC1CCN(CC3CCC(Cl)CC3)CC1)C2. The Morgan fingerprint density at radius 2 is 1.67 bits per heavy atom. The minimum atomic E-state index is -1.80. The fourth-order valence-electron chi connectivity index (χ4n) is 5.57. The number of methoxy groups -OCH3 is 2. The Bertz CT molecular complexity index is 772. The third-order valence-electron chi connectivity index (χ3n) is 7.34. The van der Waals surface area contributed by atoms with E-state index < -0.39 is 11.5 Å². The van der Waals surface area contributed by atoms with Gasteiger partial charge in [0.2, 0.25) is 5.78 Å². The first kappa shape index (κ1) is 21.9. The van der Waals surface area contributed by atoms with Crippen molar-refractivity contribution in [1.82, 2.24) is 4.90 Å². The molecule has 4 nitrogen and oxygen atoms in total. The van der Waals surface area contributed by atoms with Crippen molar-refractivity contribution in [2.24, 2.45) is 11.8 Å². The summed E-state index contributed by atoms with van der Waals surface area (Å²) in [5, 5.41) is 0.362. The summed E-state index contributed by atoms with van der Waals surface area (Å²) >= 11 is 6.23. The summed E-state index contributed by atoms with van der Waals surface area (Å²) in [6.45, 7) is 3.15. The summed E-state index contributed by atoms with van der Waals surface area (Å²) in [7, 11) is 3.08. The number of halogens is 2. The molecule has 2 fully saturated rings. The van der Waals surface area contributed by atoms with Crippen LogP contribution in [0, 0.1) is 11.8 Å². The highest BCUT2D eigenvalue weighted by atomic mass is 35.5. The molecule has 1 unspecified atom stereocenters. The van der Waals surface area contributed by atoms with Crippen LogP contribution in [0.1, 0.15) is 60.9 Å². The molecule has 0 spiro atoms. The van der Waals surface area contributed by atoms with Crippen LogP contribution in [0.2, 0.25) is 0 Å². The number of Topliss-reactive ketones (excluding diaryl/α,β-unsaturated/α-hetero) is 1. The quantitative estimate of drug-likeness (QED) is 0.584. The molecule has 1 atom stereocenters. The minimum absolute atomic E-state index is 0.142. The molecule has 1 aromatic carbocycles. The van der Waals surface area contributed by atoms with Gasteiger partial charge in [-0.1, -0.05) is 0 Å². The van der Waals surface area contributed by atoms with E-state index in [0.717, 1.165) is 56.8 Å². The smallest absolute Gasteiger partial charge is 0.200 e. The standard InChI is InChI=1S/C24H33ClFNO3/c1-29-21-11-18-14-24(26,23(28)20(18)12-22(21)30-2)13-16-7-9-27(10-8-16)15-17-3-5-19(25)6-4-17/h11-12,16-17,19H,3-10,13-15H2,1-2H3. The van der Waals surface area contributed by atoms with Gasteiger partial charge in [-0.3, -0.25) is 4.79 Å². The molecular weight excluding hydrogens is 405 g/mol. The normalized spacial score (nSPS) is 30.3. The van der Waals surface area contributed by atoms with Gasteiger partial charge < -0.3 is 14.4 Å². The number of ether oxygens (including phenoxy) is 2. The number of carbonyl (C=O) groups excluding carboxylic acids is 1. The minimum Gasteiger partial charge on any atom is -0.493 e. The number of likely N-dealkylation sites (tertiary alicyclic amines) is 1. The molecule has 1 saturated heterocycles. The van der Waals surface area contributed by atoms with E-state index in [0.29, 0.717) is 28.9 Å². The molecule has 1 aromatic rings. The molecule has 0 amide bonds. The van der Waals surface area contributed by atoms with Gasteiger partial charge in [-0.2, -0.15) is 0 Å². The lowest BCUT2D eigenvalue weighted by atomic mass is 9.82. The molecule has 1 aliphatic heterocycles. The predicted molar refractivity (Wildman–Crippen MR) is 117 cm³/mol. The molecule has 0 N–H and O–H groups in total. The molecule has 3 aliphatic rings. The number of fused-ring (bicyclic) bond motifs is 1. The number of nitrogens with zero attached hydrogens (tertiary/aromatic N) is 1. The first-order valence-corrected chi connectivity index (χ1v) is 11.7. The van der Waals surface area contributed by atoms with E-state index in [1.807, 2.05) is 0 Å². The van der Waals surface area contributed by atoms with Crippen LogP contribution >= 0.6 is 11.6 Å². The molecular formula is C24H33ClFNO3. The number of piperidine rings is 1. The topological polar surface area (TPSA) is 38.8 Å². The molecule has 166 valence electrons. The highest BCUT2D eigenvalue weighted by Gasteiger charge is 2.48. The molecule has 1 heterocycles. The van der Waals surface area contributed by atoms with Crippen molar-refractivity contribution in [2.75, 3.05) is 33.9 Å². The zero-order chi connectivity index (χ0) is 21.3. The van der Waals surface area contributed by atoms with Gasteiger partial charge in [-0.15, -0.1) is 11.6 Å². The van der Waals surface area contributed by atoms with Gasteiger partial charge in [0.25, 0.3) is 0 Å². The summed E-state index contributed by atoms with van der Waals surface area (Å²) in [6.07, 6.45) is 7.10. The largest absolute Gasteiger partial charge is 0.493 e. The molecule has 4 rings (SSSR count). The summed E-state index contributed by atoms with van der Waals surface area (Å²) < 4.78 is 26.4. The van der Waals surface area contributed by atoms with E-state index in [-0.39, 0.29) is 12.3 Å². The fourth-order valence-corrected chi connectivity index (χ4v) is 5.82. The summed E-state index contributed by atoms with van der Waals surface area (Å²) in [4.78, 5) is 15.5. The van der Waals surface area contributed by atoms with Crippen LogP contribution in [0.15, 0.2) is 12.1 Å². The summed E-state index contributed by atoms with van der Waals surface area (Å²) in [5.74, 6) is 1.64. The number of rotatable bonds is 6. The Morgan fingerprint density at radius 1 is 1.03 bits per heavy atom. The Morgan fingerprint density at radius 3 is 2.30 bits per heavy atom. The van der Waals surface area contributed by atoms with Crippen LogP contribution in [0.3, 0.4) is 0 Å². The predicted octanol–water partition coefficient (Wildman–Crippen LogP) is 5.05. The van der Waals surface area contributed by atoms with E-state index in [1.54, 1.807) is 19.2 Å². The zero-order valence-electron chi connectivity index (χ0n) is 18.1. The van der Waals surface area contributed by atoms with Crippen LogP contribution in [0.25, 0.3) is 0 Å². The molecule has 6 heteroatoms. The highest BCUT2D eigenvalue weighted by molar-refractivity contribution is 6.20. The van der Waals surface area contributed by atoms with Gasteiger partial charge in [0.1, 0.15) is 0 Å². The summed E-state index contributed by atoms with van der Waals surface area (Å²) in [6, 6.07) is 3.39. The molecule has 0 bridgehead atoms. The molecule has 0 aromatic heterocycles. The van der Waals surface area contributed by atoms with E-state index in [9.17, 15) is 4.79 Å². The zero-order valence-corrected chi connectivity index (χ0v) is 18.8. The van der Waals surface area contributed by atoms with Gasteiger partial charge in [0.15, 0.2) is 17.2 Å². The van der Waals surface area contributed by atoms with Gasteiger partial charge >= 0.3 is 0 Å². The van der Waals surface area contributed by atoms with Gasteiger partial charge in [0.05, 0.1) is 14.2 Å². The maximum atomic E-state index is 15.8. The lowest BCUT2D eigenvalue weighted by Gasteiger charge is -2.37. The number of ketones is 1. The Balaban J connectivity index is 1.33. The van der Waals surface area contributed by atoms with Crippen molar-refractivity contribution in [2.45, 2.75) is 62.4 Å². The number of hydrogen-bond acceptors (Lipinski definition) is 4. The monoisotopic (exact) mass is 437 g/mol. The lowest BCUT2D eigenvalue weighted by Crippen LogP contribution is -2.41. The summed E-state index contributed by atoms with van der Waals surface area (Å²) in [5.41, 5.74) is -0.624. The van der Waals surface area contributed by atoms with E-state index in [2.05, 4.69) is 4.90 Å². The molecule has 0 radical (unpaired) electrons. The third-order valence-corrected chi connectivity index (χ3v) is 7.78. The second-order valence-electron chi connectivity index (χ2n) is 9.40. The van der Waals surface area contributed by atoms with Gasteiger partial charge in [-0.05, 0) is 87.6 Å². The van der Waals surface area contributed by atoms with E-state index in [4.69, 9.17) is 21.1 Å². The number of carbonyl (C=O) groups is 1. The third kappa shape index (κ3) is 4.47. The van der Waals surface area contributed by atoms with Crippen molar-refractivity contribution in [1.29, 1.82) is 0 Å². The average Bonchev–Trinajstić information content (AvgIpc) is 2.99. The average molecular weight is 438 g/mol. The van der Waals surface area contributed by atoms with Crippen molar-refractivity contribution in [3.05, 3.63) is 23.3 Å². The first-order valence-electron chi connectivity index (χ1n) is 11.3. The number of alkyl halides is 2. The Labute approximate surface area is 184 Å². The van der Waals surface area contributed by atoms with Crippen molar-refractivity contribution in [3.8, 4) is 11.5 Å². The maximum absolute atomic E-state index is 15.8. The Kier molecular flexibility index (Phi) is 6.59. The number of benzene rings is 1. The van der Waals surface area contributed by atoms with Crippen LogP contribution in [0.5, 0.6) is 11.5 Å². The fraction of sp³-hybridized carbons (Fsp3) is 0.708. The van der Waals surface area contributed by atoms with Gasteiger partial charge in [0, 0.05) is 23.9 Å². The van der Waals surface area contributed by atoms with Crippen LogP contribution < -0.4 is 9.47 Å². The van der Waals surface area contributed by atoms with Gasteiger partial charge in [-0.25, -0.2) is 4.39 Å². The van der Waals surface area contributed by atoms with Crippen molar-refractivity contribution in [3.63, 3.8) is 0 Å². The second kappa shape index (κ2) is 9.04. The second-order valence-corrected chi connectivity index (χ2v) is 10.0. The van der Waals surface area contributed by atoms with Crippen LogP contribution in [0.4, 0.5) is 4.39 Å². The van der Waals surface area contributed by atoms with Crippen molar-refractivity contribution < 1.29 is 18.7 Å². The maximum Gasteiger partial charge on any atom is 0.200 e. The molecule has 1 saturated carbocycles. The number of hydrogen-bond donors (Lipinski definition) is 0. The first-order chi connectivity index (χ1) is 14.4. The van der Waals surface area contributed by atoms with Crippen molar-refractivity contribution >= 4 is 17.4 Å². The van der Waals surface area contributed by atoms with Crippen LogP contribution in [-0.4, -0.2) is 55.6 Å². The molecule has 30 heavy (non-hydrogen) atoms. The van der Waals surface area contributed by atoms with E-state index in [1.165, 1.54) is 20.0 Å². The Hall–Kier alpha value is -1.33. The van der Waals surface area contributed by atoms with Crippen LogP contribution in [-0.2, 0) is 6.42 Å².